The van der Waals surface area contributed by atoms with E-state index in [4.69, 9.17) is 13.9 Å². The standard InChI is InChI=1S/C12H17F3N2O4/c1-8-2-3-9(20-6-8)10-16-17-11(21-10)19-5-4-18-7-12(13,14)15/h8-9H,2-7H2,1H3/t8-,9+/m1/s1. The van der Waals surface area contributed by atoms with Crippen LogP contribution in [0.5, 0.6) is 6.08 Å². The Morgan fingerprint density at radius 2 is 2.05 bits per heavy atom. The van der Waals surface area contributed by atoms with E-state index in [1.807, 2.05) is 0 Å². The normalized spacial score (nSPS) is 23.2. The Morgan fingerprint density at radius 1 is 1.24 bits per heavy atom. The highest BCUT2D eigenvalue weighted by Crippen LogP contribution is 2.30. The lowest BCUT2D eigenvalue weighted by molar-refractivity contribution is -0.175. The van der Waals surface area contributed by atoms with E-state index in [1.54, 1.807) is 0 Å². The van der Waals surface area contributed by atoms with Gasteiger partial charge in [-0.1, -0.05) is 12.0 Å². The SMILES string of the molecule is C[C@@H]1CC[C@@H](c2nnc(OCCOCC(F)(F)F)o2)OC1. The minimum absolute atomic E-state index is 0.0946. The van der Waals surface area contributed by atoms with Crippen LogP contribution in [0.1, 0.15) is 31.8 Å². The molecule has 1 aromatic rings. The summed E-state index contributed by atoms with van der Waals surface area (Å²) in [6.07, 6.45) is -2.88. The maximum absolute atomic E-state index is 11.8. The number of halogens is 3. The molecule has 9 heteroatoms. The van der Waals surface area contributed by atoms with Crippen LogP contribution in [0.3, 0.4) is 0 Å². The van der Waals surface area contributed by atoms with Crippen LogP contribution < -0.4 is 4.74 Å². The minimum atomic E-state index is -4.34. The van der Waals surface area contributed by atoms with Crippen molar-refractivity contribution < 1.29 is 31.8 Å². The first-order valence-electron chi connectivity index (χ1n) is 6.66. The summed E-state index contributed by atoms with van der Waals surface area (Å²) in [5.41, 5.74) is 0. The van der Waals surface area contributed by atoms with Crippen molar-refractivity contribution in [2.45, 2.75) is 32.0 Å². The summed E-state index contributed by atoms with van der Waals surface area (Å²) >= 11 is 0. The van der Waals surface area contributed by atoms with Crippen molar-refractivity contribution >= 4 is 0 Å². The average Bonchev–Trinajstić information content (AvgIpc) is 2.87. The van der Waals surface area contributed by atoms with Crippen LogP contribution in [0, 0.1) is 5.92 Å². The summed E-state index contributed by atoms with van der Waals surface area (Å²) in [6, 6.07) is 0. The monoisotopic (exact) mass is 310 g/mol. The smallest absolute Gasteiger partial charge is 0.414 e. The van der Waals surface area contributed by atoms with Crippen molar-refractivity contribution in [2.75, 3.05) is 26.4 Å². The molecule has 0 amide bonds. The summed E-state index contributed by atoms with van der Waals surface area (Å²) in [4.78, 5) is 0. The van der Waals surface area contributed by atoms with E-state index in [0.29, 0.717) is 18.4 Å². The van der Waals surface area contributed by atoms with Crippen molar-refractivity contribution in [3.8, 4) is 6.08 Å². The van der Waals surface area contributed by atoms with Crippen LogP contribution in [0.4, 0.5) is 13.2 Å². The fourth-order valence-electron chi connectivity index (χ4n) is 1.86. The quantitative estimate of drug-likeness (QED) is 0.752. The Labute approximate surface area is 119 Å². The summed E-state index contributed by atoms with van der Waals surface area (Å²) in [6.45, 7) is 1.11. The third kappa shape index (κ3) is 5.50. The predicted molar refractivity (Wildman–Crippen MR) is 63.8 cm³/mol. The minimum Gasteiger partial charge on any atom is -0.447 e. The largest absolute Gasteiger partial charge is 0.447 e. The molecule has 0 aromatic carbocycles. The first kappa shape index (κ1) is 16.0. The maximum atomic E-state index is 11.8. The van der Waals surface area contributed by atoms with Gasteiger partial charge in [-0.3, -0.25) is 0 Å². The van der Waals surface area contributed by atoms with E-state index in [-0.39, 0.29) is 25.4 Å². The molecule has 0 spiro atoms. The van der Waals surface area contributed by atoms with Gasteiger partial charge in [0.25, 0.3) is 0 Å². The summed E-state index contributed by atoms with van der Waals surface area (Å²) in [7, 11) is 0. The van der Waals surface area contributed by atoms with Crippen molar-refractivity contribution in [1.29, 1.82) is 0 Å². The van der Waals surface area contributed by atoms with Crippen LogP contribution in [0.2, 0.25) is 0 Å². The predicted octanol–water partition coefficient (Wildman–Crippen LogP) is 2.51. The molecule has 2 heterocycles. The van der Waals surface area contributed by atoms with Crippen molar-refractivity contribution in [2.24, 2.45) is 5.92 Å². The molecule has 0 N–H and O–H groups in total. The molecule has 2 rings (SSSR count). The number of ether oxygens (including phenoxy) is 3. The lowest BCUT2D eigenvalue weighted by atomic mass is 10.0. The zero-order chi connectivity index (χ0) is 15.3. The number of hydrogen-bond donors (Lipinski definition) is 0. The summed E-state index contributed by atoms with van der Waals surface area (Å²) < 4.78 is 55.7. The van der Waals surface area contributed by atoms with E-state index in [2.05, 4.69) is 21.9 Å². The molecular weight excluding hydrogens is 293 g/mol. The van der Waals surface area contributed by atoms with Crippen LogP contribution in [0.15, 0.2) is 4.42 Å². The Morgan fingerprint density at radius 3 is 2.71 bits per heavy atom. The third-order valence-corrected chi connectivity index (χ3v) is 2.92. The van der Waals surface area contributed by atoms with Gasteiger partial charge >= 0.3 is 12.3 Å². The highest BCUT2D eigenvalue weighted by Gasteiger charge is 2.27. The maximum Gasteiger partial charge on any atom is 0.414 e. The molecule has 0 saturated carbocycles. The third-order valence-electron chi connectivity index (χ3n) is 2.92. The van der Waals surface area contributed by atoms with Gasteiger partial charge in [0.05, 0.1) is 13.2 Å². The zero-order valence-corrected chi connectivity index (χ0v) is 11.6. The molecule has 120 valence electrons. The molecule has 1 aliphatic rings. The van der Waals surface area contributed by atoms with E-state index in [1.165, 1.54) is 0 Å². The molecule has 0 unspecified atom stereocenters. The molecule has 0 bridgehead atoms. The van der Waals surface area contributed by atoms with Crippen molar-refractivity contribution in [1.82, 2.24) is 10.2 Å². The molecule has 6 nitrogen and oxygen atoms in total. The number of alkyl halides is 3. The Balaban J connectivity index is 1.68. The van der Waals surface area contributed by atoms with Gasteiger partial charge in [-0.25, -0.2) is 0 Å². The zero-order valence-electron chi connectivity index (χ0n) is 11.6. The lowest BCUT2D eigenvalue weighted by Gasteiger charge is -2.24. The Bertz CT molecular complexity index is 430. The van der Waals surface area contributed by atoms with E-state index < -0.39 is 12.8 Å². The molecular formula is C12H17F3N2O4. The number of rotatable bonds is 6. The second-order valence-electron chi connectivity index (χ2n) is 4.93. The second-order valence-corrected chi connectivity index (χ2v) is 4.93. The second kappa shape index (κ2) is 7.08. The topological polar surface area (TPSA) is 66.6 Å². The Kier molecular flexibility index (Phi) is 5.40. The van der Waals surface area contributed by atoms with Gasteiger partial charge in [0, 0.05) is 0 Å². The van der Waals surface area contributed by atoms with Crippen molar-refractivity contribution in [3.63, 3.8) is 0 Å². The number of hydrogen-bond acceptors (Lipinski definition) is 6. The molecule has 0 aliphatic carbocycles. The van der Waals surface area contributed by atoms with E-state index in [9.17, 15) is 13.2 Å². The number of nitrogens with zero attached hydrogens (tertiary/aromatic N) is 2. The lowest BCUT2D eigenvalue weighted by Crippen LogP contribution is -2.19. The van der Waals surface area contributed by atoms with Gasteiger partial charge in [0.1, 0.15) is 19.3 Å². The van der Waals surface area contributed by atoms with Crippen LogP contribution in [0.25, 0.3) is 0 Å². The molecule has 1 aromatic heterocycles. The highest BCUT2D eigenvalue weighted by molar-refractivity contribution is 4.91. The van der Waals surface area contributed by atoms with Crippen LogP contribution >= 0.6 is 0 Å². The molecule has 0 radical (unpaired) electrons. The van der Waals surface area contributed by atoms with E-state index in [0.717, 1.165) is 12.8 Å². The molecule has 1 aliphatic heterocycles. The van der Waals surface area contributed by atoms with Crippen LogP contribution in [-0.4, -0.2) is 42.8 Å². The molecule has 1 fully saturated rings. The fraction of sp³-hybridized carbons (Fsp3) is 0.833. The van der Waals surface area contributed by atoms with Gasteiger partial charge in [-0.2, -0.15) is 13.2 Å². The van der Waals surface area contributed by atoms with Gasteiger partial charge in [0.15, 0.2) is 0 Å². The van der Waals surface area contributed by atoms with E-state index >= 15 is 0 Å². The first-order valence-corrected chi connectivity index (χ1v) is 6.66. The fourth-order valence-corrected chi connectivity index (χ4v) is 1.86. The Hall–Kier alpha value is -1.35. The highest BCUT2D eigenvalue weighted by atomic mass is 19.4. The van der Waals surface area contributed by atoms with Crippen LogP contribution in [-0.2, 0) is 9.47 Å². The molecule has 21 heavy (non-hydrogen) atoms. The summed E-state index contributed by atoms with van der Waals surface area (Å²) in [5, 5.41) is 7.48. The van der Waals surface area contributed by atoms with Gasteiger partial charge in [-0.05, 0) is 18.8 Å². The number of aromatic nitrogens is 2. The summed E-state index contributed by atoms with van der Waals surface area (Å²) in [5.74, 6) is 0.832. The van der Waals surface area contributed by atoms with Gasteiger partial charge in [-0.15, -0.1) is 5.10 Å². The average molecular weight is 310 g/mol. The molecule has 1 saturated heterocycles. The van der Waals surface area contributed by atoms with Gasteiger partial charge < -0.3 is 18.6 Å². The molecule has 2 atom stereocenters. The van der Waals surface area contributed by atoms with Crippen molar-refractivity contribution in [3.05, 3.63) is 5.89 Å². The van der Waals surface area contributed by atoms with Gasteiger partial charge in [0.2, 0.25) is 5.89 Å². The first-order chi connectivity index (χ1) is 9.94.